The predicted molar refractivity (Wildman–Crippen MR) is 128 cm³/mol. The number of piperidine rings is 1. The number of esters is 1. The Morgan fingerprint density at radius 1 is 1.25 bits per heavy atom. The number of likely N-dealkylation sites (tertiary alicyclic amines) is 1. The summed E-state index contributed by atoms with van der Waals surface area (Å²) < 4.78 is 5.09. The van der Waals surface area contributed by atoms with Crippen LogP contribution in [-0.4, -0.2) is 73.0 Å². The zero-order valence-corrected chi connectivity index (χ0v) is 21.8. The van der Waals surface area contributed by atoms with Crippen LogP contribution in [0.5, 0.6) is 0 Å². The first-order valence-corrected chi connectivity index (χ1v) is 11.8. The molecule has 0 aromatic rings. The molecule has 0 radical (unpaired) electrons. The maximum atomic E-state index is 13.6. The van der Waals surface area contributed by atoms with Crippen LogP contribution >= 0.6 is 0 Å². The largest absolute Gasteiger partial charge is 0.463 e. The van der Waals surface area contributed by atoms with Gasteiger partial charge in [0, 0.05) is 12.6 Å². The molecule has 1 heterocycles. The van der Waals surface area contributed by atoms with Gasteiger partial charge in [-0.2, -0.15) is 0 Å². The molecule has 3 unspecified atom stereocenters. The molecule has 2 amide bonds. The second kappa shape index (κ2) is 11.8. The molecule has 0 spiro atoms. The molecule has 1 rings (SSSR count). The lowest BCUT2D eigenvalue weighted by atomic mass is 9.84. The molecule has 0 aromatic carbocycles. The Labute approximate surface area is 194 Å². The fourth-order valence-electron chi connectivity index (χ4n) is 4.40. The Morgan fingerprint density at radius 2 is 1.84 bits per heavy atom. The summed E-state index contributed by atoms with van der Waals surface area (Å²) in [6.45, 7) is 16.6. The number of likely N-dealkylation sites (N-methyl/N-ethyl adjacent to an activating group) is 2. The molecular formula is C25H45N3O4. The number of ether oxygens (including phenoxy) is 1. The average Bonchev–Trinajstić information content (AvgIpc) is 2.67. The Bertz CT molecular complexity index is 686. The lowest BCUT2D eigenvalue weighted by molar-refractivity contribution is -0.142. The van der Waals surface area contributed by atoms with Gasteiger partial charge in [-0.05, 0) is 57.5 Å². The highest BCUT2D eigenvalue weighted by Crippen LogP contribution is 2.26. The topological polar surface area (TPSA) is 79.0 Å². The van der Waals surface area contributed by atoms with E-state index in [4.69, 9.17) is 4.74 Å². The summed E-state index contributed by atoms with van der Waals surface area (Å²) in [6, 6.07) is -1.22. The molecular weight excluding hydrogens is 406 g/mol. The standard InChI is InChI=1S/C25H45N3O4/c1-11-32-24(31)18(5)15-19(16(2)3)28(10)23(30)21(25(6,7)8)26-22(29)20-17(4)13-12-14-27(20)9/h15-17,19-21H,11-14H2,1-10H3,(H,26,29)/b18-15+/t17?,19?,20?,21-/m1/s1. The highest BCUT2D eigenvalue weighted by molar-refractivity contribution is 5.91. The van der Waals surface area contributed by atoms with Gasteiger partial charge in [-0.25, -0.2) is 4.79 Å². The summed E-state index contributed by atoms with van der Waals surface area (Å²) in [6.07, 6.45) is 3.87. The van der Waals surface area contributed by atoms with E-state index in [0.717, 1.165) is 19.4 Å². The van der Waals surface area contributed by atoms with Crippen molar-refractivity contribution in [2.24, 2.45) is 17.3 Å². The Morgan fingerprint density at radius 3 is 2.31 bits per heavy atom. The lowest BCUT2D eigenvalue weighted by Gasteiger charge is -2.40. The van der Waals surface area contributed by atoms with Crippen LogP contribution in [0.1, 0.15) is 68.2 Å². The van der Waals surface area contributed by atoms with E-state index in [0.29, 0.717) is 12.2 Å². The Hall–Kier alpha value is -1.89. The summed E-state index contributed by atoms with van der Waals surface area (Å²) in [5, 5.41) is 3.07. The van der Waals surface area contributed by atoms with Crippen molar-refractivity contribution in [1.29, 1.82) is 0 Å². The van der Waals surface area contributed by atoms with Crippen LogP contribution in [0.15, 0.2) is 11.6 Å². The molecule has 0 saturated carbocycles. The van der Waals surface area contributed by atoms with Crippen molar-refractivity contribution in [1.82, 2.24) is 15.1 Å². The molecule has 1 fully saturated rings. The van der Waals surface area contributed by atoms with Gasteiger partial charge in [-0.1, -0.05) is 47.6 Å². The molecule has 32 heavy (non-hydrogen) atoms. The highest BCUT2D eigenvalue weighted by atomic mass is 16.5. The second-order valence-corrected chi connectivity index (χ2v) is 10.6. The first-order chi connectivity index (χ1) is 14.7. The van der Waals surface area contributed by atoms with Gasteiger partial charge in [-0.15, -0.1) is 0 Å². The molecule has 7 heteroatoms. The lowest BCUT2D eigenvalue weighted by Crippen LogP contribution is -2.60. The van der Waals surface area contributed by atoms with Gasteiger partial charge < -0.3 is 15.0 Å². The maximum Gasteiger partial charge on any atom is 0.333 e. The highest BCUT2D eigenvalue weighted by Gasteiger charge is 2.40. The van der Waals surface area contributed by atoms with Crippen LogP contribution in [0.3, 0.4) is 0 Å². The zero-order valence-electron chi connectivity index (χ0n) is 21.8. The fraction of sp³-hybridized carbons (Fsp3) is 0.800. The van der Waals surface area contributed by atoms with Gasteiger partial charge in [0.2, 0.25) is 11.8 Å². The van der Waals surface area contributed by atoms with Crippen molar-refractivity contribution in [3.63, 3.8) is 0 Å². The van der Waals surface area contributed by atoms with E-state index in [-0.39, 0.29) is 41.7 Å². The first kappa shape index (κ1) is 28.1. The van der Waals surface area contributed by atoms with Gasteiger partial charge >= 0.3 is 5.97 Å². The van der Waals surface area contributed by atoms with Crippen molar-refractivity contribution in [2.75, 3.05) is 27.2 Å². The fourth-order valence-corrected chi connectivity index (χ4v) is 4.40. The molecule has 1 aliphatic rings. The van der Waals surface area contributed by atoms with E-state index in [9.17, 15) is 14.4 Å². The number of carbonyl (C=O) groups excluding carboxylic acids is 3. The Kier molecular flexibility index (Phi) is 10.4. The summed E-state index contributed by atoms with van der Waals surface area (Å²) in [4.78, 5) is 42.7. The predicted octanol–water partition coefficient (Wildman–Crippen LogP) is 3.24. The van der Waals surface area contributed by atoms with Gasteiger partial charge in [0.05, 0.1) is 18.7 Å². The average molecular weight is 452 g/mol. The number of amides is 2. The number of carbonyl (C=O) groups is 3. The van der Waals surface area contributed by atoms with Crippen LogP contribution in [-0.2, 0) is 19.1 Å². The molecule has 184 valence electrons. The third-order valence-corrected chi connectivity index (χ3v) is 6.35. The van der Waals surface area contributed by atoms with Crippen molar-refractivity contribution in [3.05, 3.63) is 11.6 Å². The molecule has 7 nitrogen and oxygen atoms in total. The minimum atomic E-state index is -0.680. The molecule has 4 atom stereocenters. The molecule has 0 bridgehead atoms. The summed E-state index contributed by atoms with van der Waals surface area (Å²) in [5.74, 6) is -0.326. The van der Waals surface area contributed by atoms with E-state index in [2.05, 4.69) is 17.1 Å². The summed E-state index contributed by atoms with van der Waals surface area (Å²) >= 11 is 0. The number of hydrogen-bond acceptors (Lipinski definition) is 5. The number of nitrogens with zero attached hydrogens (tertiary/aromatic N) is 2. The first-order valence-electron chi connectivity index (χ1n) is 11.8. The van der Waals surface area contributed by atoms with Crippen molar-refractivity contribution in [2.45, 2.75) is 86.4 Å². The molecule has 1 aliphatic heterocycles. The number of rotatable bonds is 8. The van der Waals surface area contributed by atoms with E-state index >= 15 is 0 Å². The van der Waals surface area contributed by atoms with E-state index < -0.39 is 11.5 Å². The van der Waals surface area contributed by atoms with Gasteiger partial charge in [0.1, 0.15) is 6.04 Å². The minimum absolute atomic E-state index is 0.0779. The smallest absolute Gasteiger partial charge is 0.333 e. The van der Waals surface area contributed by atoms with Crippen LogP contribution in [0.25, 0.3) is 0 Å². The Balaban J connectivity index is 3.15. The quantitative estimate of drug-likeness (QED) is 0.453. The van der Waals surface area contributed by atoms with Crippen molar-refractivity contribution >= 4 is 17.8 Å². The molecule has 0 aromatic heterocycles. The van der Waals surface area contributed by atoms with Crippen molar-refractivity contribution in [3.8, 4) is 0 Å². The van der Waals surface area contributed by atoms with Gasteiger partial charge in [0.25, 0.3) is 0 Å². The van der Waals surface area contributed by atoms with Crippen LogP contribution in [0.2, 0.25) is 0 Å². The molecule has 0 aliphatic carbocycles. The van der Waals surface area contributed by atoms with E-state index in [1.54, 1.807) is 31.9 Å². The van der Waals surface area contributed by atoms with Crippen LogP contribution in [0.4, 0.5) is 0 Å². The number of hydrogen-bond donors (Lipinski definition) is 1. The van der Waals surface area contributed by atoms with E-state index in [1.807, 2.05) is 41.7 Å². The molecule has 1 N–H and O–H groups in total. The zero-order chi connectivity index (χ0) is 24.8. The third-order valence-electron chi connectivity index (χ3n) is 6.35. The second-order valence-electron chi connectivity index (χ2n) is 10.6. The summed E-state index contributed by atoms with van der Waals surface area (Å²) in [7, 11) is 3.71. The van der Waals surface area contributed by atoms with Gasteiger partial charge in [0.15, 0.2) is 0 Å². The minimum Gasteiger partial charge on any atom is -0.463 e. The summed E-state index contributed by atoms with van der Waals surface area (Å²) in [5.41, 5.74) is -0.00182. The van der Waals surface area contributed by atoms with Crippen molar-refractivity contribution < 1.29 is 19.1 Å². The normalized spacial score (nSPS) is 22.3. The third kappa shape index (κ3) is 7.32. The maximum absolute atomic E-state index is 13.6. The SMILES string of the molecule is CCOC(=O)/C(C)=C/C(C(C)C)N(C)C(=O)[C@@H](NC(=O)C1C(C)CCCN1C)C(C)(C)C. The monoisotopic (exact) mass is 451 g/mol. The van der Waals surface area contributed by atoms with E-state index in [1.165, 1.54) is 0 Å². The molecule has 1 saturated heterocycles. The van der Waals surface area contributed by atoms with Crippen LogP contribution in [0, 0.1) is 17.3 Å². The van der Waals surface area contributed by atoms with Crippen LogP contribution < -0.4 is 5.32 Å². The van der Waals surface area contributed by atoms with Gasteiger partial charge in [-0.3, -0.25) is 14.5 Å². The number of nitrogens with one attached hydrogen (secondary N) is 1.